The molecule has 212 valence electrons. The van der Waals surface area contributed by atoms with E-state index in [9.17, 15) is 0 Å². The number of benzene rings is 4. The second kappa shape index (κ2) is 16.6. The van der Waals surface area contributed by atoms with Gasteiger partial charge < -0.3 is 0 Å². The summed E-state index contributed by atoms with van der Waals surface area (Å²) in [5.41, 5.74) is 13.9. The number of hydrogen-bond acceptors (Lipinski definition) is 0. The van der Waals surface area contributed by atoms with Crippen molar-refractivity contribution in [1.29, 1.82) is 0 Å². The van der Waals surface area contributed by atoms with E-state index in [0.29, 0.717) is 0 Å². The summed E-state index contributed by atoms with van der Waals surface area (Å²) >= 11 is 1.08. The molecule has 0 unspecified atom stereocenters. The first-order valence-electron chi connectivity index (χ1n) is 15.5. The number of fused-ring (bicyclic) bond motifs is 3. The van der Waals surface area contributed by atoms with Gasteiger partial charge in [-0.1, -0.05) is 36.2 Å². The average molecular weight is 715 g/mol. The molecule has 0 aliphatic heterocycles. The zero-order valence-corrected chi connectivity index (χ0v) is 29.4. The summed E-state index contributed by atoms with van der Waals surface area (Å²) in [5, 5.41) is 0. The van der Waals surface area contributed by atoms with Crippen LogP contribution in [0, 0.1) is 19.9 Å². The molecule has 1 aliphatic carbocycles. The Kier molecular flexibility index (Phi) is 12.6. The first-order chi connectivity index (χ1) is 20.5. The third-order valence-electron chi connectivity index (χ3n) is 7.77. The quantitative estimate of drug-likeness (QED) is 0.109. The van der Waals surface area contributed by atoms with Gasteiger partial charge in [0.05, 0.1) is 0 Å². The standard InChI is InChI=1S/C21H26.C15H13.C5H5.Hf/c1-3-5-7-18-9-13-20(14-10-18)17-21-15-11-19(12-16-21)8-6-4-2;1-10-3-5-14-12(7-10)9-13-8-11(2)4-6-15(13)14;1-2-4-5-3-1;/h9-16H,3-8H2,1-2H3;3-7H,9H2,1-2H3;1-5H;/q;2*-1;+2. The van der Waals surface area contributed by atoms with Crippen LogP contribution in [0.2, 0.25) is 0 Å². The van der Waals surface area contributed by atoms with E-state index in [2.05, 4.69) is 113 Å². The van der Waals surface area contributed by atoms with Gasteiger partial charge in [0.25, 0.3) is 0 Å². The normalized spacial score (nSPS) is 11.0. The molecule has 0 nitrogen and oxygen atoms in total. The Morgan fingerprint density at radius 3 is 1.76 bits per heavy atom. The van der Waals surface area contributed by atoms with Crippen molar-refractivity contribution in [2.75, 3.05) is 0 Å². The summed E-state index contributed by atoms with van der Waals surface area (Å²) in [6.07, 6.45) is 8.58. The Hall–Kier alpha value is -3.03. The Morgan fingerprint density at radius 1 is 0.714 bits per heavy atom. The van der Waals surface area contributed by atoms with Gasteiger partial charge in [-0.15, -0.1) is 11.1 Å². The molecule has 0 atom stereocenters. The smallest absolute Gasteiger partial charge is 0.0253 e. The number of hydrogen-bond donors (Lipinski definition) is 0. The number of aryl methyl sites for hydroxylation is 4. The maximum atomic E-state index is 3.45. The molecular formula is C41H44Hf. The fraction of sp³-hybridized carbons (Fsp3) is 0.268. The van der Waals surface area contributed by atoms with Crippen molar-refractivity contribution in [3.63, 3.8) is 0 Å². The molecule has 0 spiro atoms. The maximum Gasteiger partial charge on any atom is -0.0253 e. The molecule has 42 heavy (non-hydrogen) atoms. The van der Waals surface area contributed by atoms with Crippen LogP contribution < -0.4 is 0 Å². The van der Waals surface area contributed by atoms with Gasteiger partial charge in [-0.25, -0.2) is 12.1 Å². The van der Waals surface area contributed by atoms with Crippen LogP contribution in [0.3, 0.4) is 0 Å². The molecule has 5 aromatic carbocycles. The minimum atomic E-state index is 1.05. The van der Waals surface area contributed by atoms with Crippen LogP contribution in [0.15, 0.2) is 109 Å². The summed E-state index contributed by atoms with van der Waals surface area (Å²) < 4.78 is 1.50. The van der Waals surface area contributed by atoms with E-state index in [1.807, 2.05) is 30.3 Å². The first-order valence-corrected chi connectivity index (χ1v) is 17.3. The van der Waals surface area contributed by atoms with Gasteiger partial charge in [0.15, 0.2) is 0 Å². The Bertz CT molecular complexity index is 1400. The fourth-order valence-corrected chi connectivity index (χ4v) is 6.49. The number of unbranched alkanes of at least 4 members (excludes halogenated alkanes) is 2. The van der Waals surface area contributed by atoms with Gasteiger partial charge in [0.1, 0.15) is 0 Å². The molecule has 0 fully saturated rings. The van der Waals surface area contributed by atoms with Crippen LogP contribution in [0.1, 0.15) is 84.0 Å². The van der Waals surface area contributed by atoms with Gasteiger partial charge in [-0.3, -0.25) is 0 Å². The summed E-state index contributed by atoms with van der Waals surface area (Å²) in [6.45, 7) is 8.76. The summed E-state index contributed by atoms with van der Waals surface area (Å²) in [5.74, 6) is 0. The van der Waals surface area contributed by atoms with E-state index in [-0.39, 0.29) is 0 Å². The van der Waals surface area contributed by atoms with E-state index in [1.165, 1.54) is 97.4 Å². The molecule has 0 amide bonds. The molecule has 0 bridgehead atoms. The maximum absolute atomic E-state index is 3.45. The van der Waals surface area contributed by atoms with E-state index in [0.717, 1.165) is 30.3 Å². The van der Waals surface area contributed by atoms with Crippen LogP contribution in [0.4, 0.5) is 0 Å². The van der Waals surface area contributed by atoms with Crippen molar-refractivity contribution >= 4 is 3.26 Å². The molecule has 0 aromatic heterocycles. The van der Waals surface area contributed by atoms with Crippen molar-refractivity contribution in [1.82, 2.24) is 0 Å². The minimum Gasteiger partial charge on any atom is -0.214 e. The second-order valence-electron chi connectivity index (χ2n) is 11.3. The van der Waals surface area contributed by atoms with Gasteiger partial charge in [-0.05, 0) is 18.9 Å². The van der Waals surface area contributed by atoms with Crippen molar-refractivity contribution in [2.24, 2.45) is 0 Å². The molecule has 0 heterocycles. The van der Waals surface area contributed by atoms with E-state index >= 15 is 0 Å². The van der Waals surface area contributed by atoms with Crippen LogP contribution in [-0.2, 0) is 43.2 Å². The monoisotopic (exact) mass is 716 g/mol. The summed E-state index contributed by atoms with van der Waals surface area (Å²) in [4.78, 5) is 0. The van der Waals surface area contributed by atoms with Gasteiger partial charge in [0.2, 0.25) is 0 Å². The van der Waals surface area contributed by atoms with E-state index in [4.69, 9.17) is 0 Å². The Labute approximate surface area is 269 Å². The second-order valence-corrected chi connectivity index (χ2v) is 13.1. The molecule has 1 aliphatic rings. The van der Waals surface area contributed by atoms with Crippen LogP contribution in [-0.4, -0.2) is 3.26 Å². The zero-order valence-electron chi connectivity index (χ0n) is 25.8. The molecule has 0 radical (unpaired) electrons. The van der Waals surface area contributed by atoms with Crippen molar-refractivity contribution in [3.8, 4) is 11.1 Å². The Balaban J connectivity index is 0.000000172. The van der Waals surface area contributed by atoms with Crippen molar-refractivity contribution < 1.29 is 23.9 Å². The average Bonchev–Trinajstić information content (AvgIpc) is 3.71. The molecule has 1 heteroatoms. The molecular weight excluding hydrogens is 671 g/mol. The van der Waals surface area contributed by atoms with Crippen LogP contribution >= 0.6 is 0 Å². The van der Waals surface area contributed by atoms with Gasteiger partial charge >= 0.3 is 150 Å². The predicted molar refractivity (Wildman–Crippen MR) is 178 cm³/mol. The Morgan fingerprint density at radius 2 is 1.26 bits per heavy atom. The van der Waals surface area contributed by atoms with Crippen molar-refractivity contribution in [3.05, 3.63) is 160 Å². The van der Waals surface area contributed by atoms with Crippen molar-refractivity contribution in [2.45, 2.75) is 72.6 Å². The SMILES string of the molecule is CCCCc1ccc([C](=[Hf+2])c2ccc(CCCC)cc2)cc1.Cc1[c-]c2c(cc1)-c1ccc(C)cc1C2.c1cc[cH-]c1. The van der Waals surface area contributed by atoms with Gasteiger partial charge in [0, 0.05) is 0 Å². The largest absolute Gasteiger partial charge is 0.214 e. The van der Waals surface area contributed by atoms with Crippen LogP contribution in [0.25, 0.3) is 11.1 Å². The van der Waals surface area contributed by atoms with Gasteiger partial charge in [-0.2, -0.15) is 42.0 Å². The molecule has 0 saturated carbocycles. The third-order valence-corrected chi connectivity index (χ3v) is 9.84. The zero-order chi connectivity index (χ0) is 29.7. The summed E-state index contributed by atoms with van der Waals surface area (Å²) in [7, 11) is 0. The predicted octanol–water partition coefficient (Wildman–Crippen LogP) is 10.6. The fourth-order valence-electron chi connectivity index (χ4n) is 5.30. The first kappa shape index (κ1) is 31.9. The molecule has 5 aromatic rings. The minimum absolute atomic E-state index is 1.05. The van der Waals surface area contributed by atoms with E-state index < -0.39 is 0 Å². The number of rotatable bonds is 8. The van der Waals surface area contributed by atoms with E-state index in [1.54, 1.807) is 0 Å². The van der Waals surface area contributed by atoms with Crippen LogP contribution in [0.5, 0.6) is 0 Å². The molecule has 6 rings (SSSR count). The molecule has 0 N–H and O–H groups in total. The topological polar surface area (TPSA) is 0 Å². The molecule has 0 saturated heterocycles. The summed E-state index contributed by atoms with van der Waals surface area (Å²) in [6, 6.07) is 43.0. The third kappa shape index (κ3) is 9.23.